The highest BCUT2D eigenvalue weighted by Gasteiger charge is 2.22. The number of aryl methyl sites for hydroxylation is 1. The molecule has 0 aliphatic carbocycles. The Morgan fingerprint density at radius 3 is 2.88 bits per heavy atom. The molecule has 0 bridgehead atoms. The monoisotopic (exact) mass is 341 g/mol. The minimum absolute atomic E-state index is 0.0269. The first-order chi connectivity index (χ1) is 12.1. The lowest BCUT2D eigenvalue weighted by atomic mass is 9.98. The van der Waals surface area contributed by atoms with Crippen molar-refractivity contribution in [3.05, 3.63) is 47.5 Å². The van der Waals surface area contributed by atoms with Crippen molar-refractivity contribution >= 4 is 5.91 Å². The number of carbonyl (C=O) groups is 1. The van der Waals surface area contributed by atoms with Gasteiger partial charge in [0, 0.05) is 19.2 Å². The molecule has 1 heterocycles. The lowest BCUT2D eigenvalue weighted by Crippen LogP contribution is -2.32. The topological polar surface area (TPSA) is 59.0 Å². The van der Waals surface area contributed by atoms with E-state index in [0.717, 1.165) is 22.3 Å². The van der Waals surface area contributed by atoms with E-state index in [4.69, 9.17) is 9.47 Å². The van der Waals surface area contributed by atoms with Crippen LogP contribution in [0.15, 0.2) is 36.4 Å². The van der Waals surface area contributed by atoms with Crippen molar-refractivity contribution in [2.75, 3.05) is 26.9 Å². The largest absolute Gasteiger partial charge is 0.504 e. The van der Waals surface area contributed by atoms with Crippen molar-refractivity contribution in [2.45, 2.75) is 19.9 Å². The van der Waals surface area contributed by atoms with Gasteiger partial charge in [-0.25, -0.2) is 0 Å². The Kier molecular flexibility index (Phi) is 5.24. The van der Waals surface area contributed by atoms with Crippen molar-refractivity contribution in [2.24, 2.45) is 0 Å². The van der Waals surface area contributed by atoms with E-state index < -0.39 is 0 Å². The number of benzene rings is 2. The number of methoxy groups -OCH3 is 1. The Balaban J connectivity index is 1.94. The molecule has 0 spiro atoms. The zero-order valence-electron chi connectivity index (χ0n) is 14.6. The van der Waals surface area contributed by atoms with Gasteiger partial charge in [0.25, 0.3) is 0 Å². The van der Waals surface area contributed by atoms with Gasteiger partial charge >= 0.3 is 0 Å². The molecular formula is C20H23NO4. The highest BCUT2D eigenvalue weighted by molar-refractivity contribution is 5.77. The van der Waals surface area contributed by atoms with Gasteiger partial charge in [-0.15, -0.1) is 0 Å². The van der Waals surface area contributed by atoms with Gasteiger partial charge in [0.2, 0.25) is 5.91 Å². The predicted octanol–water partition coefficient (Wildman–Crippen LogP) is 3.13. The first kappa shape index (κ1) is 17.3. The summed E-state index contributed by atoms with van der Waals surface area (Å²) in [6, 6.07) is 11.7. The number of aromatic hydroxyl groups is 1. The van der Waals surface area contributed by atoms with E-state index in [0.29, 0.717) is 38.5 Å². The molecule has 0 atom stereocenters. The summed E-state index contributed by atoms with van der Waals surface area (Å²) in [5.74, 6) is 0.611. The summed E-state index contributed by atoms with van der Waals surface area (Å²) in [6.45, 7) is 3.72. The number of phenolic OH excluding ortho intramolecular Hbond substituents is 1. The van der Waals surface area contributed by atoms with Crippen LogP contribution in [0.4, 0.5) is 0 Å². The fourth-order valence-corrected chi connectivity index (χ4v) is 3.11. The van der Waals surface area contributed by atoms with Crippen molar-refractivity contribution in [3.8, 4) is 22.6 Å². The number of hydrogen-bond acceptors (Lipinski definition) is 4. The van der Waals surface area contributed by atoms with Gasteiger partial charge in [-0.1, -0.05) is 24.3 Å². The Labute approximate surface area is 147 Å². The van der Waals surface area contributed by atoms with Gasteiger partial charge < -0.3 is 19.5 Å². The maximum absolute atomic E-state index is 12.3. The van der Waals surface area contributed by atoms with E-state index in [1.165, 1.54) is 0 Å². The summed E-state index contributed by atoms with van der Waals surface area (Å²) in [6.07, 6.45) is 0.343. The number of amides is 1. The smallest absolute Gasteiger partial charge is 0.225 e. The van der Waals surface area contributed by atoms with Crippen LogP contribution in [0, 0.1) is 6.92 Å². The normalized spacial score (nSPS) is 13.8. The summed E-state index contributed by atoms with van der Waals surface area (Å²) in [7, 11) is 1.58. The third kappa shape index (κ3) is 3.77. The van der Waals surface area contributed by atoms with Crippen LogP contribution in [0.5, 0.6) is 11.5 Å². The number of rotatable bonds is 4. The van der Waals surface area contributed by atoms with Crippen LogP contribution in [-0.2, 0) is 16.1 Å². The standard InChI is InChI=1S/C20H23NO4/c1-14-5-3-4-6-17(14)15-11-16-13-21(19(23)7-9-24-2)8-10-25-20(16)18(22)12-15/h3-6,11-12,22H,7-10,13H2,1-2H3. The van der Waals surface area contributed by atoms with Crippen LogP contribution in [0.2, 0.25) is 0 Å². The first-order valence-electron chi connectivity index (χ1n) is 8.41. The van der Waals surface area contributed by atoms with Crippen LogP contribution >= 0.6 is 0 Å². The highest BCUT2D eigenvalue weighted by atomic mass is 16.5. The van der Waals surface area contributed by atoms with Crippen LogP contribution in [0.1, 0.15) is 17.5 Å². The van der Waals surface area contributed by atoms with E-state index in [9.17, 15) is 9.90 Å². The number of hydrogen-bond donors (Lipinski definition) is 1. The lowest BCUT2D eigenvalue weighted by Gasteiger charge is -2.20. The molecule has 3 rings (SSSR count). The maximum Gasteiger partial charge on any atom is 0.225 e. The van der Waals surface area contributed by atoms with Gasteiger partial charge in [-0.2, -0.15) is 0 Å². The minimum atomic E-state index is 0.0269. The molecule has 25 heavy (non-hydrogen) atoms. The second-order valence-electron chi connectivity index (χ2n) is 6.21. The summed E-state index contributed by atoms with van der Waals surface area (Å²) in [4.78, 5) is 14.1. The fraction of sp³-hybridized carbons (Fsp3) is 0.350. The average Bonchev–Trinajstić information content (AvgIpc) is 2.83. The number of carbonyl (C=O) groups excluding carboxylic acids is 1. The minimum Gasteiger partial charge on any atom is -0.504 e. The zero-order valence-corrected chi connectivity index (χ0v) is 14.6. The molecule has 2 aromatic rings. The van der Waals surface area contributed by atoms with E-state index in [1.54, 1.807) is 18.1 Å². The van der Waals surface area contributed by atoms with Crippen LogP contribution < -0.4 is 4.74 Å². The third-order valence-electron chi connectivity index (χ3n) is 4.44. The molecule has 0 aromatic heterocycles. The lowest BCUT2D eigenvalue weighted by molar-refractivity contribution is -0.132. The SMILES string of the molecule is COCCC(=O)N1CCOc2c(O)cc(-c3ccccc3C)cc2C1. The molecule has 0 unspecified atom stereocenters. The van der Waals surface area contributed by atoms with Crippen molar-refractivity contribution in [3.63, 3.8) is 0 Å². The molecule has 0 radical (unpaired) electrons. The number of phenols is 1. The summed E-state index contributed by atoms with van der Waals surface area (Å²) in [5.41, 5.74) is 3.93. The molecule has 1 aliphatic heterocycles. The highest BCUT2D eigenvalue weighted by Crippen LogP contribution is 2.38. The summed E-state index contributed by atoms with van der Waals surface area (Å²) in [5, 5.41) is 10.4. The quantitative estimate of drug-likeness (QED) is 0.928. The average molecular weight is 341 g/mol. The van der Waals surface area contributed by atoms with E-state index >= 15 is 0 Å². The molecule has 1 N–H and O–H groups in total. The van der Waals surface area contributed by atoms with Gasteiger partial charge in [0.15, 0.2) is 11.5 Å². The Bertz CT molecular complexity index is 772. The van der Waals surface area contributed by atoms with Crippen molar-refractivity contribution in [1.29, 1.82) is 0 Å². The van der Waals surface area contributed by atoms with Gasteiger partial charge in [-0.05, 0) is 35.7 Å². The maximum atomic E-state index is 12.3. The van der Waals surface area contributed by atoms with E-state index in [1.807, 2.05) is 37.3 Å². The molecule has 1 amide bonds. The number of ether oxygens (including phenoxy) is 2. The number of nitrogens with zero attached hydrogens (tertiary/aromatic N) is 1. The third-order valence-corrected chi connectivity index (χ3v) is 4.44. The Morgan fingerprint density at radius 1 is 1.32 bits per heavy atom. The second-order valence-corrected chi connectivity index (χ2v) is 6.21. The zero-order chi connectivity index (χ0) is 17.8. The fourth-order valence-electron chi connectivity index (χ4n) is 3.11. The van der Waals surface area contributed by atoms with Crippen LogP contribution in [0.25, 0.3) is 11.1 Å². The van der Waals surface area contributed by atoms with Crippen molar-refractivity contribution in [1.82, 2.24) is 4.90 Å². The Hall–Kier alpha value is -2.53. The molecule has 1 aliphatic rings. The van der Waals surface area contributed by atoms with E-state index in [-0.39, 0.29) is 11.7 Å². The van der Waals surface area contributed by atoms with E-state index in [2.05, 4.69) is 0 Å². The molecular weight excluding hydrogens is 318 g/mol. The molecule has 5 heteroatoms. The molecule has 0 saturated carbocycles. The van der Waals surface area contributed by atoms with Crippen molar-refractivity contribution < 1.29 is 19.4 Å². The van der Waals surface area contributed by atoms with Gasteiger partial charge in [0.1, 0.15) is 6.61 Å². The first-order valence-corrected chi connectivity index (χ1v) is 8.41. The van der Waals surface area contributed by atoms with Gasteiger partial charge in [-0.3, -0.25) is 4.79 Å². The molecule has 0 saturated heterocycles. The van der Waals surface area contributed by atoms with Gasteiger partial charge in [0.05, 0.1) is 19.6 Å². The predicted molar refractivity (Wildman–Crippen MR) is 95.7 cm³/mol. The summed E-state index contributed by atoms with van der Waals surface area (Å²) < 4.78 is 10.7. The van der Waals surface area contributed by atoms with Crippen LogP contribution in [-0.4, -0.2) is 42.8 Å². The molecule has 5 nitrogen and oxygen atoms in total. The number of fused-ring (bicyclic) bond motifs is 1. The second kappa shape index (κ2) is 7.57. The Morgan fingerprint density at radius 2 is 2.12 bits per heavy atom. The molecule has 0 fully saturated rings. The summed E-state index contributed by atoms with van der Waals surface area (Å²) >= 11 is 0. The van der Waals surface area contributed by atoms with Crippen LogP contribution in [0.3, 0.4) is 0 Å². The molecule has 2 aromatic carbocycles. The molecule has 132 valence electrons.